The molecule has 0 aliphatic rings. The van der Waals surface area contributed by atoms with Crippen LogP contribution in [-0.4, -0.2) is 47.2 Å². The fourth-order valence-electron chi connectivity index (χ4n) is 0.513. The molecule has 74 valence electrons. The molecule has 0 saturated carbocycles. The average Bonchev–Trinajstić information content (AvgIpc) is 2.76. The number of aromatic nitrogens is 8. The first kappa shape index (κ1) is 9.50. The Bertz CT molecular complexity index is 321. The number of aromatic amines is 2. The molecule has 11 nitrogen and oxygen atoms in total. The lowest BCUT2D eigenvalue weighted by Gasteiger charge is -1.74. The molecular formula is C3H8N11+. The maximum absolute atomic E-state index is 4.58. The molecule has 14 heavy (non-hydrogen) atoms. The number of nitrogens with one attached hydrogen (secondary N) is 2. The Balaban J connectivity index is 0.000000213. The van der Waals surface area contributed by atoms with Crippen LogP contribution in [0.1, 0.15) is 0 Å². The Morgan fingerprint density at radius 3 is 1.57 bits per heavy atom. The van der Waals surface area contributed by atoms with E-state index in [4.69, 9.17) is 0 Å². The number of tetrazole rings is 2. The van der Waals surface area contributed by atoms with Crippen LogP contribution < -0.4 is 16.9 Å². The Morgan fingerprint density at radius 2 is 1.36 bits per heavy atom. The van der Waals surface area contributed by atoms with E-state index in [0.717, 1.165) is 0 Å². The van der Waals surface area contributed by atoms with E-state index in [2.05, 4.69) is 58.1 Å². The number of hydrogen-bond donors (Lipinski definition) is 5. The highest BCUT2D eigenvalue weighted by Crippen LogP contribution is 1.99. The summed E-state index contributed by atoms with van der Waals surface area (Å²) in [6.45, 7) is 0. The minimum Gasteiger partial charge on any atom is -0.291 e. The number of hydrogen-bond acceptors (Lipinski definition) is 6. The zero-order valence-electron chi connectivity index (χ0n) is 6.92. The molecule has 0 aromatic carbocycles. The SMILES string of the molecule is NC(N)=[NH2+].n1nc(-c2nn[nH]n2)n[nH]1. The van der Waals surface area contributed by atoms with Crippen molar-refractivity contribution in [1.82, 2.24) is 41.2 Å². The van der Waals surface area contributed by atoms with Crippen LogP contribution in [0.5, 0.6) is 0 Å². The minimum atomic E-state index is -0.0833. The monoisotopic (exact) mass is 198 g/mol. The lowest BCUT2D eigenvalue weighted by atomic mass is 10.6. The van der Waals surface area contributed by atoms with Gasteiger partial charge in [-0.25, -0.2) is 0 Å². The maximum Gasteiger partial charge on any atom is 0.336 e. The summed E-state index contributed by atoms with van der Waals surface area (Å²) in [6, 6.07) is 0. The molecule has 2 aromatic heterocycles. The number of guanidine groups is 1. The fraction of sp³-hybridized carbons (Fsp3) is 0. The smallest absolute Gasteiger partial charge is 0.291 e. The first-order valence-corrected chi connectivity index (χ1v) is 3.30. The van der Waals surface area contributed by atoms with E-state index in [1.807, 2.05) is 0 Å². The molecule has 0 aliphatic heterocycles. The van der Waals surface area contributed by atoms with Gasteiger partial charge in [-0.3, -0.25) is 16.9 Å². The van der Waals surface area contributed by atoms with Gasteiger partial charge in [0, 0.05) is 0 Å². The Labute approximate surface area is 76.8 Å². The molecule has 11 heteroatoms. The van der Waals surface area contributed by atoms with Crippen LogP contribution in [0.15, 0.2) is 0 Å². The van der Waals surface area contributed by atoms with Crippen molar-refractivity contribution in [3.05, 3.63) is 0 Å². The summed E-state index contributed by atoms with van der Waals surface area (Å²) in [7, 11) is 0. The molecule has 0 saturated heterocycles. The van der Waals surface area contributed by atoms with Gasteiger partial charge in [0.25, 0.3) is 0 Å². The zero-order valence-corrected chi connectivity index (χ0v) is 6.92. The molecule has 0 spiro atoms. The van der Waals surface area contributed by atoms with Crippen LogP contribution >= 0.6 is 0 Å². The minimum absolute atomic E-state index is 0.0833. The van der Waals surface area contributed by atoms with Gasteiger partial charge in [0.05, 0.1) is 0 Å². The highest BCUT2D eigenvalue weighted by Gasteiger charge is 2.05. The van der Waals surface area contributed by atoms with Gasteiger partial charge in [0.15, 0.2) is 0 Å². The van der Waals surface area contributed by atoms with E-state index in [9.17, 15) is 0 Å². The van der Waals surface area contributed by atoms with Crippen LogP contribution in [0.3, 0.4) is 0 Å². The summed E-state index contributed by atoms with van der Waals surface area (Å²) in [5, 5.41) is 30.3. The van der Waals surface area contributed by atoms with E-state index in [1.165, 1.54) is 0 Å². The molecular weight excluding hydrogens is 190 g/mol. The van der Waals surface area contributed by atoms with Gasteiger partial charge in [-0.15, -0.1) is 20.4 Å². The topological polar surface area (TPSA) is 187 Å². The third kappa shape index (κ3) is 2.80. The number of nitrogens with zero attached hydrogens (tertiary/aromatic N) is 6. The van der Waals surface area contributed by atoms with Gasteiger partial charge in [0.2, 0.25) is 11.6 Å². The Hall–Kier alpha value is -2.59. The lowest BCUT2D eigenvalue weighted by molar-refractivity contribution is -0.116. The first-order chi connectivity index (χ1) is 6.70. The summed E-state index contributed by atoms with van der Waals surface area (Å²) in [6.07, 6.45) is 0. The first-order valence-electron chi connectivity index (χ1n) is 3.30. The number of rotatable bonds is 1. The van der Waals surface area contributed by atoms with Gasteiger partial charge in [-0.2, -0.15) is 10.4 Å². The predicted molar refractivity (Wildman–Crippen MR) is 42.7 cm³/mol. The second-order valence-electron chi connectivity index (χ2n) is 1.97. The van der Waals surface area contributed by atoms with Crippen LogP contribution in [0.25, 0.3) is 11.6 Å². The van der Waals surface area contributed by atoms with Crippen molar-refractivity contribution >= 4 is 5.96 Å². The van der Waals surface area contributed by atoms with Crippen LogP contribution in [0.2, 0.25) is 0 Å². The maximum atomic E-state index is 4.58. The lowest BCUT2D eigenvalue weighted by Crippen LogP contribution is -2.51. The quantitative estimate of drug-likeness (QED) is 0.223. The van der Waals surface area contributed by atoms with Gasteiger partial charge in [0.1, 0.15) is 0 Å². The van der Waals surface area contributed by atoms with Crippen LogP contribution in [0, 0.1) is 0 Å². The Morgan fingerprint density at radius 1 is 1.00 bits per heavy atom. The largest absolute Gasteiger partial charge is 0.336 e. The summed E-state index contributed by atoms with van der Waals surface area (Å²) in [5.41, 5.74) is 9.17. The summed E-state index contributed by atoms with van der Waals surface area (Å²) in [4.78, 5) is 0. The van der Waals surface area contributed by atoms with Gasteiger partial charge in [-0.1, -0.05) is 0 Å². The second-order valence-corrected chi connectivity index (χ2v) is 1.97. The van der Waals surface area contributed by atoms with E-state index >= 15 is 0 Å². The van der Waals surface area contributed by atoms with E-state index in [-0.39, 0.29) is 5.96 Å². The van der Waals surface area contributed by atoms with Crippen molar-refractivity contribution in [2.45, 2.75) is 0 Å². The third-order valence-corrected chi connectivity index (χ3v) is 0.891. The number of H-pyrrole nitrogens is 2. The molecule has 0 unspecified atom stereocenters. The molecule has 0 aliphatic carbocycles. The van der Waals surface area contributed by atoms with Crippen molar-refractivity contribution in [2.24, 2.45) is 11.5 Å². The van der Waals surface area contributed by atoms with Crippen molar-refractivity contribution in [3.8, 4) is 11.6 Å². The molecule has 2 aromatic rings. The summed E-state index contributed by atoms with van der Waals surface area (Å²) < 4.78 is 0. The van der Waals surface area contributed by atoms with Crippen LogP contribution in [-0.2, 0) is 0 Å². The Kier molecular flexibility index (Phi) is 3.01. The van der Waals surface area contributed by atoms with Gasteiger partial charge >= 0.3 is 5.96 Å². The summed E-state index contributed by atoms with van der Waals surface area (Å²) in [5.74, 6) is 0.572. The van der Waals surface area contributed by atoms with Crippen molar-refractivity contribution < 1.29 is 5.41 Å². The van der Waals surface area contributed by atoms with Crippen molar-refractivity contribution in [3.63, 3.8) is 0 Å². The van der Waals surface area contributed by atoms with E-state index in [0.29, 0.717) is 11.6 Å². The van der Waals surface area contributed by atoms with Crippen molar-refractivity contribution in [2.75, 3.05) is 0 Å². The molecule has 0 radical (unpaired) electrons. The fourth-order valence-corrected chi connectivity index (χ4v) is 0.513. The zero-order chi connectivity index (χ0) is 10.4. The average molecular weight is 198 g/mol. The molecule has 0 fully saturated rings. The molecule has 8 N–H and O–H groups in total. The molecule has 0 amide bonds. The number of nitrogens with two attached hydrogens (primary N) is 3. The highest BCUT2D eigenvalue weighted by molar-refractivity contribution is 5.68. The predicted octanol–water partition coefficient (Wildman–Crippen LogP) is -4.60. The highest BCUT2D eigenvalue weighted by atomic mass is 15.5. The van der Waals surface area contributed by atoms with Gasteiger partial charge in [-0.05, 0) is 10.4 Å². The molecule has 0 bridgehead atoms. The standard InChI is InChI=1S/C2H2N8.CH5N3/c3-1(4-8-7-3)2-5-9-10-6-2;2-1(3)4/h(H,3,4,7,8)(H,5,6,9,10);(H5,2,3,4)/p+1. The third-order valence-electron chi connectivity index (χ3n) is 0.891. The normalized spacial score (nSPS) is 8.86. The second kappa shape index (κ2) is 4.44. The molecule has 2 heterocycles. The van der Waals surface area contributed by atoms with Gasteiger partial charge < -0.3 is 0 Å². The van der Waals surface area contributed by atoms with Crippen molar-refractivity contribution in [1.29, 1.82) is 0 Å². The van der Waals surface area contributed by atoms with E-state index in [1.54, 1.807) is 0 Å². The van der Waals surface area contributed by atoms with E-state index < -0.39 is 0 Å². The molecule has 2 rings (SSSR count). The molecule has 0 atom stereocenters. The summed E-state index contributed by atoms with van der Waals surface area (Å²) >= 11 is 0. The van der Waals surface area contributed by atoms with Crippen LogP contribution in [0.4, 0.5) is 0 Å².